The van der Waals surface area contributed by atoms with Crippen LogP contribution in [0.5, 0.6) is 0 Å². The molecule has 0 N–H and O–H groups in total. The van der Waals surface area contributed by atoms with E-state index in [-0.39, 0.29) is 0 Å². The number of thiazole rings is 1. The van der Waals surface area contributed by atoms with Crippen LogP contribution in [0, 0.1) is 6.92 Å². The standard InChI is InChI=1S/C8H9N3S/c1-6-7(3-10-11(6)2)8-4-12-5-9-8/h3-5H,1-2H3. The van der Waals surface area contributed by atoms with Gasteiger partial charge >= 0.3 is 0 Å². The van der Waals surface area contributed by atoms with Crippen molar-refractivity contribution in [2.24, 2.45) is 7.05 Å². The Morgan fingerprint density at radius 3 is 2.83 bits per heavy atom. The van der Waals surface area contributed by atoms with Crippen molar-refractivity contribution in [1.29, 1.82) is 0 Å². The van der Waals surface area contributed by atoms with Crippen LogP contribution in [0.1, 0.15) is 5.69 Å². The second-order valence-corrected chi connectivity index (χ2v) is 3.36. The first-order valence-electron chi connectivity index (χ1n) is 3.66. The van der Waals surface area contributed by atoms with E-state index in [0.717, 1.165) is 17.0 Å². The molecule has 0 aliphatic heterocycles. The molecule has 0 aromatic carbocycles. The Kier molecular flexibility index (Phi) is 1.69. The molecule has 0 fully saturated rings. The van der Waals surface area contributed by atoms with Crippen molar-refractivity contribution in [1.82, 2.24) is 14.8 Å². The number of nitrogens with zero attached hydrogens (tertiary/aromatic N) is 3. The quantitative estimate of drug-likeness (QED) is 0.669. The van der Waals surface area contributed by atoms with Gasteiger partial charge in [0.1, 0.15) is 0 Å². The molecule has 2 aromatic rings. The molecule has 0 amide bonds. The Morgan fingerprint density at radius 1 is 1.50 bits per heavy atom. The third-order valence-electron chi connectivity index (χ3n) is 1.94. The van der Waals surface area contributed by atoms with Gasteiger partial charge in [0.15, 0.2) is 0 Å². The van der Waals surface area contributed by atoms with E-state index in [4.69, 9.17) is 0 Å². The molecule has 0 radical (unpaired) electrons. The van der Waals surface area contributed by atoms with E-state index in [1.54, 1.807) is 11.3 Å². The van der Waals surface area contributed by atoms with Crippen LogP contribution in [0.25, 0.3) is 11.3 Å². The fraction of sp³-hybridized carbons (Fsp3) is 0.250. The molecular weight excluding hydrogens is 170 g/mol. The summed E-state index contributed by atoms with van der Waals surface area (Å²) in [6, 6.07) is 0. The van der Waals surface area contributed by atoms with Crippen LogP contribution in [-0.4, -0.2) is 14.8 Å². The highest BCUT2D eigenvalue weighted by atomic mass is 32.1. The Balaban J connectivity index is 2.55. The minimum Gasteiger partial charge on any atom is -0.272 e. The van der Waals surface area contributed by atoms with E-state index in [1.165, 1.54) is 0 Å². The topological polar surface area (TPSA) is 30.7 Å². The van der Waals surface area contributed by atoms with Gasteiger partial charge in [-0.3, -0.25) is 4.68 Å². The molecule has 0 aliphatic carbocycles. The lowest BCUT2D eigenvalue weighted by Gasteiger charge is -1.94. The largest absolute Gasteiger partial charge is 0.272 e. The lowest BCUT2D eigenvalue weighted by molar-refractivity contribution is 0.740. The van der Waals surface area contributed by atoms with Crippen molar-refractivity contribution in [2.45, 2.75) is 6.92 Å². The Hall–Kier alpha value is -1.16. The Labute approximate surface area is 74.7 Å². The van der Waals surface area contributed by atoms with Gasteiger partial charge in [0.05, 0.1) is 17.4 Å². The van der Waals surface area contributed by atoms with Crippen molar-refractivity contribution in [3.63, 3.8) is 0 Å². The molecule has 0 bridgehead atoms. The molecular formula is C8H9N3S. The van der Waals surface area contributed by atoms with E-state index in [9.17, 15) is 0 Å². The summed E-state index contributed by atoms with van der Waals surface area (Å²) in [7, 11) is 1.94. The van der Waals surface area contributed by atoms with E-state index < -0.39 is 0 Å². The molecule has 2 aromatic heterocycles. The maximum Gasteiger partial charge on any atom is 0.0845 e. The Morgan fingerprint density at radius 2 is 2.33 bits per heavy atom. The average molecular weight is 179 g/mol. The average Bonchev–Trinajstić information content (AvgIpc) is 2.64. The van der Waals surface area contributed by atoms with Crippen molar-refractivity contribution in [2.75, 3.05) is 0 Å². The van der Waals surface area contributed by atoms with Crippen molar-refractivity contribution >= 4 is 11.3 Å². The summed E-state index contributed by atoms with van der Waals surface area (Å²) in [6.07, 6.45) is 1.85. The van der Waals surface area contributed by atoms with Crippen molar-refractivity contribution in [3.8, 4) is 11.3 Å². The second kappa shape index (κ2) is 2.71. The zero-order valence-corrected chi connectivity index (χ0v) is 7.80. The summed E-state index contributed by atoms with van der Waals surface area (Å²) >= 11 is 1.60. The number of hydrogen-bond donors (Lipinski definition) is 0. The van der Waals surface area contributed by atoms with E-state index in [0.29, 0.717) is 0 Å². The molecule has 12 heavy (non-hydrogen) atoms. The molecule has 0 aliphatic rings. The van der Waals surface area contributed by atoms with E-state index >= 15 is 0 Å². The molecule has 4 heteroatoms. The van der Waals surface area contributed by atoms with Crippen LogP contribution < -0.4 is 0 Å². The highest BCUT2D eigenvalue weighted by Crippen LogP contribution is 2.21. The maximum absolute atomic E-state index is 4.23. The number of aromatic nitrogens is 3. The maximum atomic E-state index is 4.23. The van der Waals surface area contributed by atoms with Crippen LogP contribution in [0.15, 0.2) is 17.1 Å². The Bertz CT molecular complexity index is 375. The predicted molar refractivity (Wildman–Crippen MR) is 49.1 cm³/mol. The third kappa shape index (κ3) is 1.04. The smallest absolute Gasteiger partial charge is 0.0845 e. The van der Waals surface area contributed by atoms with E-state index in [2.05, 4.69) is 10.1 Å². The van der Waals surface area contributed by atoms with Gasteiger partial charge in [-0.15, -0.1) is 11.3 Å². The van der Waals surface area contributed by atoms with Gasteiger partial charge in [-0.05, 0) is 6.92 Å². The molecule has 0 unspecified atom stereocenters. The van der Waals surface area contributed by atoms with Gasteiger partial charge in [0, 0.05) is 23.7 Å². The number of aryl methyl sites for hydroxylation is 1. The molecule has 2 rings (SSSR count). The summed E-state index contributed by atoms with van der Waals surface area (Å²) in [4.78, 5) is 4.23. The zero-order valence-electron chi connectivity index (χ0n) is 6.98. The SMILES string of the molecule is Cc1c(-c2cscn2)cnn1C. The third-order valence-corrected chi connectivity index (χ3v) is 2.53. The van der Waals surface area contributed by atoms with Crippen LogP contribution in [0.3, 0.4) is 0 Å². The lowest BCUT2D eigenvalue weighted by Crippen LogP contribution is -1.92. The highest BCUT2D eigenvalue weighted by molar-refractivity contribution is 7.07. The lowest BCUT2D eigenvalue weighted by atomic mass is 10.2. The number of rotatable bonds is 1. The van der Waals surface area contributed by atoms with Crippen LogP contribution in [0.2, 0.25) is 0 Å². The normalized spacial score (nSPS) is 10.5. The van der Waals surface area contributed by atoms with Crippen LogP contribution in [-0.2, 0) is 7.05 Å². The summed E-state index contributed by atoms with van der Waals surface area (Å²) in [6.45, 7) is 2.04. The van der Waals surface area contributed by atoms with Gasteiger partial charge in [-0.25, -0.2) is 4.98 Å². The summed E-state index contributed by atoms with van der Waals surface area (Å²) < 4.78 is 1.86. The summed E-state index contributed by atoms with van der Waals surface area (Å²) in [5, 5.41) is 6.19. The van der Waals surface area contributed by atoms with Crippen molar-refractivity contribution < 1.29 is 0 Å². The second-order valence-electron chi connectivity index (χ2n) is 2.64. The van der Waals surface area contributed by atoms with Gasteiger partial charge in [-0.2, -0.15) is 5.10 Å². The molecule has 0 spiro atoms. The molecule has 3 nitrogen and oxygen atoms in total. The molecule has 0 saturated carbocycles. The first kappa shape index (κ1) is 7.49. The van der Waals surface area contributed by atoms with Crippen LogP contribution >= 0.6 is 11.3 Å². The minimum atomic E-state index is 1.02. The fourth-order valence-corrected chi connectivity index (χ4v) is 1.65. The summed E-state index contributed by atoms with van der Waals surface area (Å²) in [5.74, 6) is 0. The zero-order chi connectivity index (χ0) is 8.55. The molecule has 62 valence electrons. The van der Waals surface area contributed by atoms with Gasteiger partial charge in [-0.1, -0.05) is 0 Å². The van der Waals surface area contributed by atoms with Gasteiger partial charge < -0.3 is 0 Å². The first-order chi connectivity index (χ1) is 5.79. The van der Waals surface area contributed by atoms with Gasteiger partial charge in [0.25, 0.3) is 0 Å². The highest BCUT2D eigenvalue weighted by Gasteiger charge is 2.06. The predicted octanol–water partition coefficient (Wildman–Crippen LogP) is 1.85. The van der Waals surface area contributed by atoms with Crippen molar-refractivity contribution in [3.05, 3.63) is 22.8 Å². The molecule has 0 atom stereocenters. The molecule has 2 heterocycles. The van der Waals surface area contributed by atoms with Crippen LogP contribution in [0.4, 0.5) is 0 Å². The first-order valence-corrected chi connectivity index (χ1v) is 4.60. The van der Waals surface area contributed by atoms with E-state index in [1.807, 2.05) is 35.7 Å². The molecule has 0 saturated heterocycles. The monoisotopic (exact) mass is 179 g/mol. The summed E-state index contributed by atoms with van der Waals surface area (Å²) in [5.41, 5.74) is 5.13. The van der Waals surface area contributed by atoms with Gasteiger partial charge in [0.2, 0.25) is 0 Å². The number of hydrogen-bond acceptors (Lipinski definition) is 3. The fourth-order valence-electron chi connectivity index (χ4n) is 1.10. The minimum absolute atomic E-state index is 1.02.